The lowest BCUT2D eigenvalue weighted by Crippen LogP contribution is -2.17. The molecule has 6 heteroatoms. The molecule has 0 bridgehead atoms. The Hall–Kier alpha value is -0.400. The molecule has 1 aliphatic rings. The van der Waals surface area contributed by atoms with Crippen molar-refractivity contribution in [3.05, 3.63) is 0 Å². The first kappa shape index (κ1) is 12.7. The highest BCUT2D eigenvalue weighted by Crippen LogP contribution is 2.60. The van der Waals surface area contributed by atoms with Crippen LogP contribution in [0, 0.1) is 11.3 Å². The first-order valence-electron chi connectivity index (χ1n) is 4.90. The minimum atomic E-state index is -3.43. The zero-order valence-corrected chi connectivity index (χ0v) is 10.2. The Balaban J connectivity index is 2.77. The van der Waals surface area contributed by atoms with Crippen LogP contribution in [0.4, 0.5) is 0 Å². The van der Waals surface area contributed by atoms with Crippen LogP contribution >= 0.6 is 7.60 Å². The summed E-state index contributed by atoms with van der Waals surface area (Å²) in [6, 6.07) is 1.82. The molecule has 0 aromatic rings. The van der Waals surface area contributed by atoms with Crippen LogP contribution in [0.1, 0.15) is 27.7 Å². The second-order valence-electron chi connectivity index (χ2n) is 3.83. The van der Waals surface area contributed by atoms with Crippen LogP contribution in [-0.4, -0.2) is 24.2 Å². The van der Waals surface area contributed by atoms with Crippen LogP contribution < -0.4 is 0 Å². The van der Waals surface area contributed by atoms with Crippen molar-refractivity contribution in [1.29, 1.82) is 5.26 Å². The predicted molar refractivity (Wildman–Crippen MR) is 54.3 cm³/mol. The van der Waals surface area contributed by atoms with Gasteiger partial charge in [0, 0.05) is 0 Å². The third-order valence-corrected chi connectivity index (χ3v) is 4.15. The summed E-state index contributed by atoms with van der Waals surface area (Å²) in [6.07, 6.45) is -0.747. The van der Waals surface area contributed by atoms with Crippen molar-refractivity contribution in [2.24, 2.45) is 0 Å². The number of nitrogens with zero attached hydrogens (tertiary/aromatic N) is 1. The monoisotopic (exact) mass is 233 g/mol. The highest BCUT2D eigenvalue weighted by molar-refractivity contribution is 7.55. The van der Waals surface area contributed by atoms with E-state index in [1.807, 2.05) is 6.07 Å². The van der Waals surface area contributed by atoms with Crippen molar-refractivity contribution < 1.29 is 18.3 Å². The maximum atomic E-state index is 12.1. The lowest BCUT2D eigenvalue weighted by Gasteiger charge is -2.18. The lowest BCUT2D eigenvalue weighted by atomic mass is 10.3. The lowest BCUT2D eigenvalue weighted by molar-refractivity contribution is 0.0645. The standard InChI is InChI=1S/C9H16NO4P/c1-6(2)12-9(5-10)15(11)13-7(3)8(4)14-15/h6-9H,1-4H3. The molecule has 0 radical (unpaired) electrons. The molecule has 0 aliphatic carbocycles. The van der Waals surface area contributed by atoms with Crippen molar-refractivity contribution in [2.75, 3.05) is 0 Å². The van der Waals surface area contributed by atoms with Gasteiger partial charge < -0.3 is 13.8 Å². The summed E-state index contributed by atoms with van der Waals surface area (Å²) in [7, 11) is -3.43. The second-order valence-corrected chi connectivity index (χ2v) is 5.80. The summed E-state index contributed by atoms with van der Waals surface area (Å²) in [5.41, 5.74) is 0. The molecule has 0 aromatic heterocycles. The minimum Gasteiger partial charge on any atom is -0.349 e. The van der Waals surface area contributed by atoms with E-state index in [0.717, 1.165) is 0 Å². The van der Waals surface area contributed by atoms with Crippen LogP contribution in [0.3, 0.4) is 0 Å². The van der Waals surface area contributed by atoms with Crippen LogP contribution in [0.15, 0.2) is 0 Å². The molecule has 15 heavy (non-hydrogen) atoms. The second kappa shape index (κ2) is 4.63. The smallest absolute Gasteiger partial charge is 0.349 e. The van der Waals surface area contributed by atoms with E-state index in [4.69, 9.17) is 19.0 Å². The highest BCUT2D eigenvalue weighted by atomic mass is 31.2. The fourth-order valence-electron chi connectivity index (χ4n) is 1.20. The number of hydrogen-bond acceptors (Lipinski definition) is 5. The summed E-state index contributed by atoms with van der Waals surface area (Å²) in [5, 5.41) is 8.87. The normalized spacial score (nSPS) is 37.9. The van der Waals surface area contributed by atoms with Gasteiger partial charge in [0.15, 0.2) is 0 Å². The average Bonchev–Trinajstić information content (AvgIpc) is 2.37. The van der Waals surface area contributed by atoms with E-state index >= 15 is 0 Å². The van der Waals surface area contributed by atoms with E-state index in [2.05, 4.69) is 0 Å². The van der Waals surface area contributed by atoms with Gasteiger partial charge in [0.2, 0.25) is 5.85 Å². The van der Waals surface area contributed by atoms with Gasteiger partial charge in [-0.15, -0.1) is 0 Å². The van der Waals surface area contributed by atoms with Gasteiger partial charge in [0.05, 0.1) is 18.3 Å². The van der Waals surface area contributed by atoms with Crippen LogP contribution in [0.25, 0.3) is 0 Å². The number of nitriles is 1. The highest BCUT2D eigenvalue weighted by Gasteiger charge is 2.47. The Kier molecular flexibility index (Phi) is 3.91. The van der Waals surface area contributed by atoms with E-state index < -0.39 is 13.4 Å². The summed E-state index contributed by atoms with van der Waals surface area (Å²) in [6.45, 7) is 7.04. The van der Waals surface area contributed by atoms with Crippen LogP contribution in [-0.2, 0) is 18.3 Å². The summed E-state index contributed by atoms with van der Waals surface area (Å²) in [5.74, 6) is -1.13. The minimum absolute atomic E-state index is 0.195. The molecule has 1 rings (SSSR count). The molecule has 0 N–H and O–H groups in total. The third kappa shape index (κ3) is 2.79. The first-order valence-corrected chi connectivity index (χ1v) is 6.52. The van der Waals surface area contributed by atoms with Gasteiger partial charge in [-0.1, -0.05) is 0 Å². The van der Waals surface area contributed by atoms with Gasteiger partial charge >= 0.3 is 7.60 Å². The van der Waals surface area contributed by atoms with Gasteiger partial charge in [0.1, 0.15) is 6.07 Å². The van der Waals surface area contributed by atoms with E-state index in [1.54, 1.807) is 27.7 Å². The van der Waals surface area contributed by atoms with Gasteiger partial charge in [0.25, 0.3) is 0 Å². The maximum Gasteiger partial charge on any atom is 0.374 e. The fraction of sp³-hybridized carbons (Fsp3) is 0.889. The summed E-state index contributed by atoms with van der Waals surface area (Å²) in [4.78, 5) is 0. The van der Waals surface area contributed by atoms with Crippen LogP contribution in [0.2, 0.25) is 0 Å². The summed E-state index contributed by atoms with van der Waals surface area (Å²) < 4.78 is 27.7. The molecule has 1 saturated heterocycles. The van der Waals surface area contributed by atoms with Crippen molar-refractivity contribution in [3.63, 3.8) is 0 Å². The Morgan fingerprint density at radius 1 is 1.33 bits per heavy atom. The molecule has 1 heterocycles. The van der Waals surface area contributed by atoms with Gasteiger partial charge in [-0.25, -0.2) is 0 Å². The SMILES string of the molecule is CC(C)OC(C#N)P1(=O)OC(C)C(C)O1. The molecular weight excluding hydrogens is 217 g/mol. The Morgan fingerprint density at radius 3 is 2.13 bits per heavy atom. The first-order chi connectivity index (χ1) is 6.89. The molecule has 0 aromatic carbocycles. The molecule has 0 amide bonds. The van der Waals surface area contributed by atoms with Crippen molar-refractivity contribution in [3.8, 4) is 6.07 Å². The molecular formula is C9H16NO4P. The third-order valence-electron chi connectivity index (χ3n) is 2.09. The zero-order chi connectivity index (χ0) is 11.6. The quantitative estimate of drug-likeness (QED) is 0.699. The Morgan fingerprint density at radius 2 is 1.80 bits per heavy atom. The zero-order valence-electron chi connectivity index (χ0n) is 9.34. The topological polar surface area (TPSA) is 68.5 Å². The molecule has 5 nitrogen and oxygen atoms in total. The van der Waals surface area contributed by atoms with Crippen molar-refractivity contribution >= 4 is 7.60 Å². The van der Waals surface area contributed by atoms with Gasteiger partial charge in [-0.2, -0.15) is 5.26 Å². The number of ether oxygens (including phenoxy) is 1. The largest absolute Gasteiger partial charge is 0.374 e. The van der Waals surface area contributed by atoms with E-state index in [9.17, 15) is 4.57 Å². The van der Waals surface area contributed by atoms with Crippen molar-refractivity contribution in [2.45, 2.75) is 51.9 Å². The molecule has 0 saturated carbocycles. The molecule has 1 fully saturated rings. The molecule has 1 aliphatic heterocycles. The van der Waals surface area contributed by atoms with E-state index in [0.29, 0.717) is 0 Å². The maximum absolute atomic E-state index is 12.1. The van der Waals surface area contributed by atoms with Crippen molar-refractivity contribution in [1.82, 2.24) is 0 Å². The summed E-state index contributed by atoms with van der Waals surface area (Å²) >= 11 is 0. The average molecular weight is 233 g/mol. The van der Waals surface area contributed by atoms with Gasteiger partial charge in [-0.05, 0) is 27.7 Å². The molecule has 0 spiro atoms. The number of rotatable bonds is 3. The Bertz CT molecular complexity index is 298. The molecule has 86 valence electrons. The molecule has 3 unspecified atom stereocenters. The van der Waals surface area contributed by atoms with E-state index in [-0.39, 0.29) is 18.3 Å². The Labute approximate surface area is 89.8 Å². The van der Waals surface area contributed by atoms with E-state index in [1.165, 1.54) is 0 Å². The van der Waals surface area contributed by atoms with Gasteiger partial charge in [-0.3, -0.25) is 4.57 Å². The fourth-order valence-corrected chi connectivity index (χ4v) is 3.28. The van der Waals surface area contributed by atoms with Crippen LogP contribution in [0.5, 0.6) is 0 Å². The molecule has 3 atom stereocenters. The predicted octanol–water partition coefficient (Wildman–Crippen LogP) is 2.28. The number of hydrogen-bond donors (Lipinski definition) is 0.